The number of carbonyl (C=O) groups is 1. The summed E-state index contributed by atoms with van der Waals surface area (Å²) >= 11 is 0. The molecule has 0 saturated heterocycles. The number of hydrogen-bond donors (Lipinski definition) is 0. The van der Waals surface area contributed by atoms with Gasteiger partial charge in [-0.2, -0.15) is 0 Å². The van der Waals surface area contributed by atoms with Gasteiger partial charge in [-0.3, -0.25) is 4.79 Å². The highest BCUT2D eigenvalue weighted by Gasteiger charge is 2.11. The second kappa shape index (κ2) is 9.56. The molecule has 0 spiro atoms. The van der Waals surface area contributed by atoms with Crippen LogP contribution in [0, 0.1) is 0 Å². The van der Waals surface area contributed by atoms with Gasteiger partial charge in [0, 0.05) is 13.1 Å². The molecule has 106 valence electrons. The first kappa shape index (κ1) is 15.7. The molecule has 0 fully saturated rings. The van der Waals surface area contributed by atoms with Crippen LogP contribution in [0.3, 0.4) is 0 Å². The summed E-state index contributed by atoms with van der Waals surface area (Å²) < 4.78 is 5.48. The van der Waals surface area contributed by atoms with Gasteiger partial charge in [0.1, 0.15) is 6.61 Å². The average Bonchev–Trinajstić information content (AvgIpc) is 2.44. The van der Waals surface area contributed by atoms with Crippen molar-refractivity contribution in [3.63, 3.8) is 0 Å². The molecule has 0 aliphatic rings. The number of ether oxygens (including phenoxy) is 1. The molecule has 0 unspecified atom stereocenters. The molecule has 0 N–H and O–H groups in total. The Kier molecular flexibility index (Phi) is 7.91. The van der Waals surface area contributed by atoms with Crippen molar-refractivity contribution in [3.05, 3.63) is 35.9 Å². The molecule has 1 aromatic rings. The first-order valence-corrected chi connectivity index (χ1v) is 7.17. The number of nitrogens with zero attached hydrogens (tertiary/aromatic N) is 1. The molecule has 1 amide bonds. The van der Waals surface area contributed by atoms with Gasteiger partial charge in [0.25, 0.3) is 0 Å². The summed E-state index contributed by atoms with van der Waals surface area (Å²) in [7, 11) is 0. The minimum absolute atomic E-state index is 0.108. The lowest BCUT2D eigenvalue weighted by molar-refractivity contribution is -0.136. The van der Waals surface area contributed by atoms with Gasteiger partial charge in [-0.05, 0) is 24.8 Å². The van der Waals surface area contributed by atoms with Crippen LogP contribution in [-0.4, -0.2) is 37.1 Å². The van der Waals surface area contributed by atoms with Crippen molar-refractivity contribution in [2.24, 2.45) is 0 Å². The highest BCUT2D eigenvalue weighted by atomic mass is 16.5. The van der Waals surface area contributed by atoms with E-state index in [0.717, 1.165) is 32.4 Å². The van der Waals surface area contributed by atoms with Crippen LogP contribution in [0.1, 0.15) is 32.3 Å². The summed E-state index contributed by atoms with van der Waals surface area (Å²) in [6, 6.07) is 10.2. The largest absolute Gasteiger partial charge is 0.371 e. The van der Waals surface area contributed by atoms with Gasteiger partial charge in [0.05, 0.1) is 6.61 Å². The fourth-order valence-electron chi connectivity index (χ4n) is 1.99. The minimum Gasteiger partial charge on any atom is -0.371 e. The van der Waals surface area contributed by atoms with Crippen LogP contribution in [-0.2, 0) is 16.0 Å². The molecule has 0 aliphatic heterocycles. The molecule has 1 aromatic carbocycles. The van der Waals surface area contributed by atoms with Crippen molar-refractivity contribution in [2.75, 3.05) is 26.3 Å². The van der Waals surface area contributed by atoms with E-state index in [1.165, 1.54) is 5.56 Å². The van der Waals surface area contributed by atoms with Crippen molar-refractivity contribution in [3.8, 4) is 0 Å². The summed E-state index contributed by atoms with van der Waals surface area (Å²) in [5.41, 5.74) is 1.24. The van der Waals surface area contributed by atoms with Crippen LogP contribution < -0.4 is 0 Å². The Morgan fingerprint density at radius 2 is 1.74 bits per heavy atom. The molecular weight excluding hydrogens is 238 g/mol. The molecule has 3 heteroatoms. The smallest absolute Gasteiger partial charge is 0.248 e. The number of rotatable bonds is 9. The molecule has 1 rings (SSSR count). The molecule has 0 aliphatic carbocycles. The third-order valence-corrected chi connectivity index (χ3v) is 2.94. The Bertz CT molecular complexity index is 345. The Balaban J connectivity index is 2.22. The summed E-state index contributed by atoms with van der Waals surface area (Å²) in [5.74, 6) is 0.108. The van der Waals surface area contributed by atoms with E-state index in [-0.39, 0.29) is 12.5 Å². The number of hydrogen-bond acceptors (Lipinski definition) is 2. The first-order chi connectivity index (χ1) is 9.27. The van der Waals surface area contributed by atoms with Crippen molar-refractivity contribution in [2.45, 2.75) is 33.1 Å². The molecule has 0 atom stereocenters. The maximum absolute atomic E-state index is 11.9. The zero-order valence-corrected chi connectivity index (χ0v) is 12.1. The van der Waals surface area contributed by atoms with Crippen LogP contribution in [0.25, 0.3) is 0 Å². The minimum atomic E-state index is 0.108. The maximum Gasteiger partial charge on any atom is 0.248 e. The van der Waals surface area contributed by atoms with Gasteiger partial charge < -0.3 is 9.64 Å². The second-order valence-electron chi connectivity index (χ2n) is 4.67. The third kappa shape index (κ3) is 6.39. The van der Waals surface area contributed by atoms with Crippen LogP contribution in [0.2, 0.25) is 0 Å². The van der Waals surface area contributed by atoms with Crippen LogP contribution >= 0.6 is 0 Å². The molecule has 0 aromatic heterocycles. The Labute approximate surface area is 116 Å². The number of carbonyl (C=O) groups excluding carboxylic acids is 1. The highest BCUT2D eigenvalue weighted by Crippen LogP contribution is 2.00. The third-order valence-electron chi connectivity index (χ3n) is 2.94. The van der Waals surface area contributed by atoms with E-state index in [0.29, 0.717) is 6.61 Å². The van der Waals surface area contributed by atoms with Gasteiger partial charge in [0.15, 0.2) is 0 Å². The lowest BCUT2D eigenvalue weighted by Gasteiger charge is -2.21. The monoisotopic (exact) mass is 263 g/mol. The molecule has 0 bridgehead atoms. The van der Waals surface area contributed by atoms with Gasteiger partial charge in [0.2, 0.25) is 5.91 Å². The summed E-state index contributed by atoms with van der Waals surface area (Å²) in [4.78, 5) is 13.8. The summed E-state index contributed by atoms with van der Waals surface area (Å²) in [6.45, 7) is 6.64. The van der Waals surface area contributed by atoms with Gasteiger partial charge in [-0.25, -0.2) is 0 Å². The normalized spacial score (nSPS) is 10.4. The zero-order valence-electron chi connectivity index (χ0n) is 12.1. The molecule has 19 heavy (non-hydrogen) atoms. The maximum atomic E-state index is 11.9. The van der Waals surface area contributed by atoms with E-state index in [9.17, 15) is 4.79 Å². The zero-order chi connectivity index (χ0) is 13.9. The molecule has 0 saturated carbocycles. The Morgan fingerprint density at radius 1 is 1.11 bits per heavy atom. The van der Waals surface area contributed by atoms with Crippen LogP contribution in [0.5, 0.6) is 0 Å². The van der Waals surface area contributed by atoms with E-state index < -0.39 is 0 Å². The van der Waals surface area contributed by atoms with E-state index in [1.54, 1.807) is 0 Å². The summed E-state index contributed by atoms with van der Waals surface area (Å²) in [5, 5.41) is 0. The van der Waals surface area contributed by atoms with Crippen molar-refractivity contribution >= 4 is 5.91 Å². The molecule has 0 heterocycles. The molecule has 0 radical (unpaired) electrons. The molecule has 3 nitrogen and oxygen atoms in total. The van der Waals surface area contributed by atoms with E-state index in [2.05, 4.69) is 26.0 Å². The SMILES string of the molecule is CCCN(CCC)C(=O)COCCc1ccccc1. The van der Waals surface area contributed by atoms with Crippen molar-refractivity contribution < 1.29 is 9.53 Å². The number of benzene rings is 1. The Hall–Kier alpha value is -1.35. The van der Waals surface area contributed by atoms with Gasteiger partial charge in [-0.15, -0.1) is 0 Å². The molecular formula is C16H25NO2. The lowest BCUT2D eigenvalue weighted by atomic mass is 10.2. The Morgan fingerprint density at radius 3 is 2.32 bits per heavy atom. The van der Waals surface area contributed by atoms with Crippen LogP contribution in [0.15, 0.2) is 30.3 Å². The van der Waals surface area contributed by atoms with Gasteiger partial charge >= 0.3 is 0 Å². The number of amides is 1. The predicted molar refractivity (Wildman–Crippen MR) is 78.1 cm³/mol. The van der Waals surface area contributed by atoms with E-state index in [4.69, 9.17) is 4.74 Å². The second-order valence-corrected chi connectivity index (χ2v) is 4.67. The van der Waals surface area contributed by atoms with Crippen molar-refractivity contribution in [1.82, 2.24) is 4.90 Å². The first-order valence-electron chi connectivity index (χ1n) is 7.17. The average molecular weight is 263 g/mol. The summed E-state index contributed by atoms with van der Waals surface area (Å²) in [6.07, 6.45) is 2.85. The van der Waals surface area contributed by atoms with Crippen molar-refractivity contribution in [1.29, 1.82) is 0 Å². The van der Waals surface area contributed by atoms with Gasteiger partial charge in [-0.1, -0.05) is 44.2 Å². The topological polar surface area (TPSA) is 29.5 Å². The van der Waals surface area contributed by atoms with E-state index in [1.807, 2.05) is 23.1 Å². The predicted octanol–water partition coefficient (Wildman–Crippen LogP) is 2.89. The lowest BCUT2D eigenvalue weighted by Crippen LogP contribution is -2.35. The fraction of sp³-hybridized carbons (Fsp3) is 0.562. The van der Waals surface area contributed by atoms with E-state index >= 15 is 0 Å². The van der Waals surface area contributed by atoms with Crippen LogP contribution in [0.4, 0.5) is 0 Å². The standard InChI is InChI=1S/C16H25NO2/c1-3-11-17(12-4-2)16(18)14-19-13-10-15-8-6-5-7-9-15/h5-9H,3-4,10-14H2,1-2H3. The highest BCUT2D eigenvalue weighted by molar-refractivity contribution is 5.77. The fourth-order valence-corrected chi connectivity index (χ4v) is 1.99. The quantitative estimate of drug-likeness (QED) is 0.641.